The summed E-state index contributed by atoms with van der Waals surface area (Å²) in [6, 6.07) is 3.61. The standard InChI is InChI=1S/C15H19ClN2O5S/c1-10(2)14(19)17-5-7-18(8-6-17)24(22,23)11-3-4-13(16)12(9-11)15(20)21/h3-4,9-10H,5-8H2,1-2H3,(H,20,21). The molecule has 0 radical (unpaired) electrons. The van der Waals surface area contributed by atoms with E-state index in [1.807, 2.05) is 0 Å². The fourth-order valence-corrected chi connectivity index (χ4v) is 4.14. The smallest absolute Gasteiger partial charge is 0.337 e. The molecule has 1 aromatic carbocycles. The molecule has 0 aliphatic carbocycles. The van der Waals surface area contributed by atoms with Gasteiger partial charge in [0.25, 0.3) is 0 Å². The van der Waals surface area contributed by atoms with Gasteiger partial charge in [-0.15, -0.1) is 0 Å². The van der Waals surface area contributed by atoms with Crippen LogP contribution < -0.4 is 0 Å². The molecule has 1 saturated heterocycles. The van der Waals surface area contributed by atoms with E-state index < -0.39 is 16.0 Å². The van der Waals surface area contributed by atoms with Gasteiger partial charge in [0.15, 0.2) is 0 Å². The number of nitrogens with zero attached hydrogens (tertiary/aromatic N) is 2. The van der Waals surface area contributed by atoms with Crippen LogP contribution in [0.5, 0.6) is 0 Å². The van der Waals surface area contributed by atoms with Crippen LogP contribution in [0, 0.1) is 5.92 Å². The van der Waals surface area contributed by atoms with Gasteiger partial charge in [-0.25, -0.2) is 13.2 Å². The zero-order valence-electron chi connectivity index (χ0n) is 13.4. The maximum atomic E-state index is 12.7. The summed E-state index contributed by atoms with van der Waals surface area (Å²) in [6.07, 6.45) is 0. The Morgan fingerprint density at radius 3 is 2.25 bits per heavy atom. The zero-order valence-corrected chi connectivity index (χ0v) is 15.0. The molecule has 2 rings (SSSR count). The summed E-state index contributed by atoms with van der Waals surface area (Å²) in [7, 11) is -3.83. The predicted molar refractivity (Wildman–Crippen MR) is 88.6 cm³/mol. The highest BCUT2D eigenvalue weighted by molar-refractivity contribution is 7.89. The quantitative estimate of drug-likeness (QED) is 0.862. The summed E-state index contributed by atoms with van der Waals surface area (Å²) < 4.78 is 26.6. The van der Waals surface area contributed by atoms with Crippen molar-refractivity contribution in [1.29, 1.82) is 0 Å². The third-order valence-electron chi connectivity index (χ3n) is 3.85. The summed E-state index contributed by atoms with van der Waals surface area (Å²) in [5.41, 5.74) is -0.258. The van der Waals surface area contributed by atoms with Crippen LogP contribution in [0.4, 0.5) is 0 Å². The molecule has 1 heterocycles. The fraction of sp³-hybridized carbons (Fsp3) is 0.467. The molecule has 0 saturated carbocycles. The lowest BCUT2D eigenvalue weighted by Gasteiger charge is -2.34. The second-order valence-electron chi connectivity index (χ2n) is 5.83. The summed E-state index contributed by atoms with van der Waals surface area (Å²) in [5.74, 6) is -1.43. The molecule has 1 aromatic rings. The Morgan fingerprint density at radius 2 is 1.75 bits per heavy atom. The van der Waals surface area contributed by atoms with Crippen molar-refractivity contribution in [2.45, 2.75) is 18.7 Å². The Hall–Kier alpha value is -1.64. The molecule has 9 heteroatoms. The van der Waals surface area contributed by atoms with Crippen molar-refractivity contribution in [1.82, 2.24) is 9.21 Å². The van der Waals surface area contributed by atoms with Gasteiger partial charge < -0.3 is 10.0 Å². The number of amides is 1. The number of carbonyl (C=O) groups excluding carboxylic acids is 1. The maximum absolute atomic E-state index is 12.7. The number of benzene rings is 1. The summed E-state index contributed by atoms with van der Waals surface area (Å²) >= 11 is 5.78. The maximum Gasteiger partial charge on any atom is 0.337 e. The number of piperazine rings is 1. The fourth-order valence-electron chi connectivity index (χ4n) is 2.49. The first-order valence-corrected chi connectivity index (χ1v) is 9.28. The molecule has 1 aliphatic rings. The highest BCUT2D eigenvalue weighted by Crippen LogP contribution is 2.24. The van der Waals surface area contributed by atoms with Gasteiger partial charge in [0.05, 0.1) is 15.5 Å². The Kier molecular flexibility index (Phi) is 5.52. The SMILES string of the molecule is CC(C)C(=O)N1CCN(S(=O)(=O)c2ccc(Cl)c(C(=O)O)c2)CC1. The van der Waals surface area contributed by atoms with Crippen LogP contribution >= 0.6 is 11.6 Å². The van der Waals surface area contributed by atoms with Crippen LogP contribution in [0.1, 0.15) is 24.2 Å². The van der Waals surface area contributed by atoms with E-state index >= 15 is 0 Å². The predicted octanol–water partition coefficient (Wildman–Crippen LogP) is 1.53. The highest BCUT2D eigenvalue weighted by Gasteiger charge is 2.31. The van der Waals surface area contributed by atoms with Gasteiger partial charge in [-0.05, 0) is 18.2 Å². The number of halogens is 1. The van der Waals surface area contributed by atoms with Gasteiger partial charge in [0.1, 0.15) is 0 Å². The molecular formula is C15H19ClN2O5S. The van der Waals surface area contributed by atoms with E-state index in [4.69, 9.17) is 16.7 Å². The van der Waals surface area contributed by atoms with E-state index in [0.29, 0.717) is 13.1 Å². The Morgan fingerprint density at radius 1 is 1.17 bits per heavy atom. The first-order chi connectivity index (χ1) is 11.1. The highest BCUT2D eigenvalue weighted by atomic mass is 35.5. The van der Waals surface area contributed by atoms with Gasteiger partial charge in [-0.3, -0.25) is 4.79 Å². The van der Waals surface area contributed by atoms with Crippen LogP contribution in [-0.2, 0) is 14.8 Å². The van der Waals surface area contributed by atoms with Crippen LogP contribution in [0.25, 0.3) is 0 Å². The lowest BCUT2D eigenvalue weighted by Crippen LogP contribution is -2.51. The first-order valence-electron chi connectivity index (χ1n) is 7.46. The van der Waals surface area contributed by atoms with Crippen LogP contribution in [0.15, 0.2) is 23.1 Å². The number of carboxylic acid groups (broad SMARTS) is 1. The third-order valence-corrected chi connectivity index (χ3v) is 6.07. The zero-order chi connectivity index (χ0) is 18.1. The minimum Gasteiger partial charge on any atom is -0.478 e. The van der Waals surface area contributed by atoms with Crippen molar-refractivity contribution in [3.63, 3.8) is 0 Å². The molecule has 1 fully saturated rings. The molecule has 0 atom stereocenters. The van der Waals surface area contributed by atoms with Crippen molar-refractivity contribution in [3.05, 3.63) is 28.8 Å². The Labute approximate surface area is 145 Å². The van der Waals surface area contributed by atoms with Crippen molar-refractivity contribution in [3.8, 4) is 0 Å². The van der Waals surface area contributed by atoms with Crippen LogP contribution in [0.3, 0.4) is 0 Å². The molecule has 0 bridgehead atoms. The number of carbonyl (C=O) groups is 2. The van der Waals surface area contributed by atoms with Crippen molar-refractivity contribution in [2.75, 3.05) is 26.2 Å². The van der Waals surface area contributed by atoms with Crippen molar-refractivity contribution < 1.29 is 23.1 Å². The number of rotatable bonds is 4. The Balaban J connectivity index is 2.19. The lowest BCUT2D eigenvalue weighted by molar-refractivity contribution is -0.135. The topological polar surface area (TPSA) is 95.0 Å². The van der Waals surface area contributed by atoms with Gasteiger partial charge in [0, 0.05) is 32.1 Å². The Bertz CT molecular complexity index is 755. The molecule has 0 unspecified atom stereocenters. The van der Waals surface area contributed by atoms with Gasteiger partial charge in [0.2, 0.25) is 15.9 Å². The number of hydrogen-bond donors (Lipinski definition) is 1. The van der Waals surface area contributed by atoms with E-state index in [-0.39, 0.29) is 40.4 Å². The van der Waals surface area contributed by atoms with Crippen LogP contribution in [0.2, 0.25) is 5.02 Å². The van der Waals surface area contributed by atoms with Crippen molar-refractivity contribution in [2.24, 2.45) is 5.92 Å². The summed E-state index contributed by atoms with van der Waals surface area (Å²) in [4.78, 5) is 24.6. The number of sulfonamides is 1. The minimum atomic E-state index is -3.83. The average molecular weight is 375 g/mol. The molecule has 24 heavy (non-hydrogen) atoms. The normalized spacial score (nSPS) is 16.4. The number of hydrogen-bond acceptors (Lipinski definition) is 4. The van der Waals surface area contributed by atoms with Gasteiger partial charge >= 0.3 is 5.97 Å². The second-order valence-corrected chi connectivity index (χ2v) is 8.18. The molecule has 1 N–H and O–H groups in total. The van der Waals surface area contributed by atoms with E-state index in [9.17, 15) is 18.0 Å². The molecule has 0 spiro atoms. The molecular weight excluding hydrogens is 356 g/mol. The number of carboxylic acids is 1. The monoisotopic (exact) mass is 374 g/mol. The van der Waals surface area contributed by atoms with E-state index in [0.717, 1.165) is 6.07 Å². The van der Waals surface area contributed by atoms with E-state index in [1.54, 1.807) is 18.7 Å². The first kappa shape index (κ1) is 18.7. The largest absolute Gasteiger partial charge is 0.478 e. The van der Waals surface area contributed by atoms with Crippen LogP contribution in [-0.4, -0.2) is 60.8 Å². The molecule has 1 amide bonds. The number of aromatic carboxylic acids is 1. The lowest BCUT2D eigenvalue weighted by atomic mass is 10.2. The second kappa shape index (κ2) is 7.08. The van der Waals surface area contributed by atoms with Gasteiger partial charge in [-0.2, -0.15) is 4.31 Å². The van der Waals surface area contributed by atoms with E-state index in [1.165, 1.54) is 16.4 Å². The summed E-state index contributed by atoms with van der Waals surface area (Å²) in [6.45, 7) is 4.57. The molecule has 132 valence electrons. The molecule has 1 aliphatic heterocycles. The van der Waals surface area contributed by atoms with Crippen molar-refractivity contribution >= 4 is 33.5 Å². The molecule has 0 aromatic heterocycles. The average Bonchev–Trinajstić information content (AvgIpc) is 2.54. The minimum absolute atomic E-state index is 0.00768. The van der Waals surface area contributed by atoms with Gasteiger partial charge in [-0.1, -0.05) is 25.4 Å². The summed E-state index contributed by atoms with van der Waals surface area (Å²) in [5, 5.41) is 9.06. The van der Waals surface area contributed by atoms with E-state index in [2.05, 4.69) is 0 Å². The third kappa shape index (κ3) is 3.71. The molecule has 7 nitrogen and oxygen atoms in total.